The molecule has 0 radical (unpaired) electrons. The summed E-state index contributed by atoms with van der Waals surface area (Å²) < 4.78 is 24.6. The summed E-state index contributed by atoms with van der Waals surface area (Å²) in [7, 11) is 0. The molecule has 6 N–H and O–H groups in total. The van der Waals surface area contributed by atoms with Crippen LogP contribution in [0.4, 0.5) is 14.9 Å². The van der Waals surface area contributed by atoms with Crippen LogP contribution in [0.25, 0.3) is 10.4 Å². The Morgan fingerprint density at radius 2 is 1.97 bits per heavy atom. The average molecular weight is 494 g/mol. The minimum Gasteiger partial charge on any atom is -0.378 e. The van der Waals surface area contributed by atoms with Crippen molar-refractivity contribution in [2.45, 2.75) is 18.9 Å². The zero-order valence-electron chi connectivity index (χ0n) is 19.1. The van der Waals surface area contributed by atoms with E-state index in [1.165, 1.54) is 23.5 Å². The van der Waals surface area contributed by atoms with Crippen LogP contribution >= 0.6 is 11.3 Å². The van der Waals surface area contributed by atoms with Gasteiger partial charge in [-0.1, -0.05) is 12.1 Å². The number of carbonyl (C=O) groups excluding carboxylic acids is 2. The first-order chi connectivity index (χ1) is 16.5. The molecule has 9 nitrogen and oxygen atoms in total. The number of nitrogens with one attached hydrogen (secondary N) is 2. The lowest BCUT2D eigenvalue weighted by atomic mass is 10.1. The van der Waals surface area contributed by atoms with Crippen LogP contribution in [0.5, 0.6) is 0 Å². The summed E-state index contributed by atoms with van der Waals surface area (Å²) in [5.41, 5.74) is 11.6. The second kappa shape index (κ2) is 13.4. The number of halogens is 1. The van der Waals surface area contributed by atoms with Crippen molar-refractivity contribution in [2.75, 3.05) is 57.9 Å². The van der Waals surface area contributed by atoms with E-state index in [2.05, 4.69) is 15.5 Å². The third kappa shape index (κ3) is 8.03. The van der Waals surface area contributed by atoms with Gasteiger partial charge in [-0.2, -0.15) is 0 Å². The molecule has 1 aromatic carbocycles. The first-order valence-electron chi connectivity index (χ1n) is 11.3. The molecule has 0 unspecified atom stereocenters. The SMILES string of the molecule is NCCOCCOCCN1CCC[C@H](NC(=O)c2sc(-c3cccc(F)c3)cc2NC(N)=O)C1. The molecule has 186 valence electrons. The van der Waals surface area contributed by atoms with Crippen molar-refractivity contribution in [1.82, 2.24) is 10.2 Å². The second-order valence-corrected chi connectivity index (χ2v) is 9.03. The number of piperidine rings is 1. The lowest BCUT2D eigenvalue weighted by Gasteiger charge is -2.33. The highest BCUT2D eigenvalue weighted by Gasteiger charge is 2.25. The molecule has 1 saturated heterocycles. The van der Waals surface area contributed by atoms with E-state index in [1.54, 1.807) is 18.2 Å². The average Bonchev–Trinajstić information content (AvgIpc) is 3.22. The van der Waals surface area contributed by atoms with Crippen molar-refractivity contribution < 1.29 is 23.5 Å². The van der Waals surface area contributed by atoms with Crippen LogP contribution in [0.2, 0.25) is 0 Å². The maximum Gasteiger partial charge on any atom is 0.316 e. The topological polar surface area (TPSA) is 132 Å². The summed E-state index contributed by atoms with van der Waals surface area (Å²) >= 11 is 1.18. The normalized spacial score (nSPS) is 16.4. The lowest BCUT2D eigenvalue weighted by Crippen LogP contribution is -2.48. The van der Waals surface area contributed by atoms with Crippen LogP contribution in [0.15, 0.2) is 30.3 Å². The number of nitrogens with two attached hydrogens (primary N) is 2. The molecule has 0 saturated carbocycles. The van der Waals surface area contributed by atoms with Crippen LogP contribution in [0.3, 0.4) is 0 Å². The number of hydrogen-bond acceptors (Lipinski definition) is 7. The van der Waals surface area contributed by atoms with Crippen molar-refractivity contribution in [1.29, 1.82) is 0 Å². The number of ether oxygens (including phenoxy) is 2. The van der Waals surface area contributed by atoms with Gasteiger partial charge in [0.15, 0.2) is 0 Å². The maximum absolute atomic E-state index is 13.7. The van der Waals surface area contributed by atoms with Gasteiger partial charge in [0.2, 0.25) is 0 Å². The second-order valence-electron chi connectivity index (χ2n) is 7.98. The minimum atomic E-state index is -0.769. The molecule has 11 heteroatoms. The molecule has 2 aromatic rings. The van der Waals surface area contributed by atoms with E-state index in [4.69, 9.17) is 20.9 Å². The Hall–Kier alpha value is -2.57. The summed E-state index contributed by atoms with van der Waals surface area (Å²) in [6, 6.07) is 6.91. The van der Waals surface area contributed by atoms with E-state index in [0.29, 0.717) is 60.5 Å². The number of urea groups is 1. The van der Waals surface area contributed by atoms with Crippen LogP contribution in [0.1, 0.15) is 22.5 Å². The number of benzene rings is 1. The molecule has 2 heterocycles. The predicted octanol–water partition coefficient (Wildman–Crippen LogP) is 2.23. The Morgan fingerprint density at radius 3 is 2.71 bits per heavy atom. The van der Waals surface area contributed by atoms with Crippen LogP contribution < -0.4 is 22.1 Å². The summed E-state index contributed by atoms with van der Waals surface area (Å²) in [4.78, 5) is 27.8. The third-order valence-corrected chi connectivity index (χ3v) is 6.51. The minimum absolute atomic E-state index is 0.0321. The van der Waals surface area contributed by atoms with E-state index in [1.807, 2.05) is 0 Å². The summed E-state index contributed by atoms with van der Waals surface area (Å²) in [6.45, 7) is 5.07. The number of hydrogen-bond donors (Lipinski definition) is 4. The van der Waals surface area contributed by atoms with E-state index < -0.39 is 6.03 Å². The fourth-order valence-electron chi connectivity index (χ4n) is 3.80. The third-order valence-electron chi connectivity index (χ3n) is 5.33. The summed E-state index contributed by atoms with van der Waals surface area (Å²) in [6.07, 6.45) is 1.81. The Labute approximate surface area is 202 Å². The van der Waals surface area contributed by atoms with Gasteiger partial charge in [0.1, 0.15) is 10.7 Å². The molecule has 34 heavy (non-hydrogen) atoms. The van der Waals surface area contributed by atoms with Gasteiger partial charge in [-0.15, -0.1) is 11.3 Å². The number of amides is 3. The van der Waals surface area contributed by atoms with Gasteiger partial charge in [-0.25, -0.2) is 9.18 Å². The van der Waals surface area contributed by atoms with E-state index in [9.17, 15) is 14.0 Å². The first-order valence-corrected chi connectivity index (χ1v) is 12.1. The van der Waals surface area contributed by atoms with E-state index in [0.717, 1.165) is 25.9 Å². The van der Waals surface area contributed by atoms with E-state index in [-0.39, 0.29) is 17.8 Å². The molecule has 1 aromatic heterocycles. The highest BCUT2D eigenvalue weighted by Crippen LogP contribution is 2.35. The molecule has 1 atom stereocenters. The van der Waals surface area contributed by atoms with Crippen molar-refractivity contribution in [3.05, 3.63) is 41.0 Å². The number of anilines is 1. The van der Waals surface area contributed by atoms with Crippen molar-refractivity contribution >= 4 is 29.0 Å². The Morgan fingerprint density at radius 1 is 1.18 bits per heavy atom. The fourth-order valence-corrected chi connectivity index (χ4v) is 4.81. The Kier molecular flexibility index (Phi) is 10.2. The van der Waals surface area contributed by atoms with Crippen LogP contribution in [0, 0.1) is 5.82 Å². The summed E-state index contributed by atoms with van der Waals surface area (Å²) in [5.74, 6) is -0.674. The van der Waals surface area contributed by atoms with Gasteiger partial charge in [-0.05, 0) is 43.1 Å². The number of primary amides is 1. The zero-order valence-corrected chi connectivity index (χ0v) is 19.9. The van der Waals surface area contributed by atoms with Gasteiger partial charge >= 0.3 is 6.03 Å². The zero-order chi connectivity index (χ0) is 24.3. The standard InChI is InChI=1S/C23H32FN5O4S/c24-17-4-1-3-16(13-17)20-14-19(28-23(26)31)21(34-20)22(30)27-18-5-2-7-29(15-18)8-10-33-12-11-32-9-6-25/h1,3-4,13-14,18H,2,5-12,15,25H2,(H,27,30)(H3,26,28,31)/t18-/m0/s1. The number of thiophene rings is 1. The molecule has 1 aliphatic heterocycles. The molecule has 1 fully saturated rings. The molecule has 0 bridgehead atoms. The van der Waals surface area contributed by atoms with Crippen molar-refractivity contribution in [3.8, 4) is 10.4 Å². The Balaban J connectivity index is 1.57. The summed E-state index contributed by atoms with van der Waals surface area (Å²) in [5, 5.41) is 5.58. The monoisotopic (exact) mass is 493 g/mol. The number of likely N-dealkylation sites (tertiary alicyclic amines) is 1. The van der Waals surface area contributed by atoms with E-state index >= 15 is 0 Å². The van der Waals surface area contributed by atoms with Crippen LogP contribution in [-0.4, -0.2) is 75.5 Å². The maximum atomic E-state index is 13.7. The molecule has 3 rings (SSSR count). The van der Waals surface area contributed by atoms with Crippen molar-refractivity contribution in [2.24, 2.45) is 11.5 Å². The number of carbonyl (C=O) groups is 2. The molecule has 0 aliphatic carbocycles. The quantitative estimate of drug-likeness (QED) is 0.335. The van der Waals surface area contributed by atoms with Gasteiger partial charge < -0.3 is 31.6 Å². The smallest absolute Gasteiger partial charge is 0.316 e. The molecular formula is C23H32FN5O4S. The predicted molar refractivity (Wildman–Crippen MR) is 131 cm³/mol. The highest BCUT2D eigenvalue weighted by atomic mass is 32.1. The van der Waals surface area contributed by atoms with Gasteiger partial charge in [-0.3, -0.25) is 9.69 Å². The Bertz CT molecular complexity index is 957. The largest absolute Gasteiger partial charge is 0.378 e. The van der Waals surface area contributed by atoms with Gasteiger partial charge in [0.05, 0.1) is 32.1 Å². The van der Waals surface area contributed by atoms with Gasteiger partial charge in [0.25, 0.3) is 5.91 Å². The number of rotatable bonds is 12. The molecule has 1 aliphatic rings. The lowest BCUT2D eigenvalue weighted by molar-refractivity contribution is 0.0371. The number of nitrogens with zero attached hydrogens (tertiary/aromatic N) is 1. The highest BCUT2D eigenvalue weighted by molar-refractivity contribution is 7.18. The first kappa shape index (κ1) is 26.0. The van der Waals surface area contributed by atoms with Crippen LogP contribution in [-0.2, 0) is 9.47 Å². The fraction of sp³-hybridized carbons (Fsp3) is 0.478. The van der Waals surface area contributed by atoms with Crippen molar-refractivity contribution in [3.63, 3.8) is 0 Å². The molecular weight excluding hydrogens is 461 g/mol. The van der Waals surface area contributed by atoms with Gasteiger partial charge in [0, 0.05) is 30.6 Å². The molecule has 3 amide bonds. The molecule has 0 spiro atoms.